The van der Waals surface area contributed by atoms with E-state index >= 15 is 0 Å². The molecular weight excluding hydrogens is 187 g/mol. The number of halogens is 2. The first kappa shape index (κ1) is 11.1. The van der Waals surface area contributed by atoms with Gasteiger partial charge in [0.15, 0.2) is 0 Å². The van der Waals surface area contributed by atoms with Crippen molar-refractivity contribution in [2.45, 2.75) is 0 Å². The smallest absolute Gasteiger partial charge is 0.0401 e. The van der Waals surface area contributed by atoms with Crippen LogP contribution in [0.1, 0.15) is 0 Å². The summed E-state index contributed by atoms with van der Waals surface area (Å²) in [5, 5.41) is 0.896. The maximum Gasteiger partial charge on any atom is 0.0401 e. The number of hydrogen-bond acceptors (Lipinski definition) is 0. The molecule has 0 aromatic rings. The van der Waals surface area contributed by atoms with Gasteiger partial charge in [0.2, 0.25) is 0 Å². The van der Waals surface area contributed by atoms with E-state index in [1.165, 1.54) is 0 Å². The van der Waals surface area contributed by atoms with Gasteiger partial charge in [0.05, 0.1) is 0 Å². The fraction of sp³-hybridized carbons (Fsp3) is 0.333. The van der Waals surface area contributed by atoms with E-state index in [4.69, 9.17) is 11.6 Å². The number of rotatable bonds is 2. The third-order valence-corrected chi connectivity index (χ3v) is 0.894. The van der Waals surface area contributed by atoms with Gasteiger partial charge in [-0.1, -0.05) is 28.1 Å². The molecule has 48 valence electrons. The minimum atomic E-state index is 0.556. The van der Waals surface area contributed by atoms with E-state index in [-0.39, 0.29) is 0 Å². The van der Waals surface area contributed by atoms with Gasteiger partial charge in [-0.3, -0.25) is 0 Å². The van der Waals surface area contributed by atoms with Gasteiger partial charge >= 0.3 is 0 Å². The second-order valence-corrected chi connectivity index (χ2v) is 1.84. The molecular formula is C6H10BrCl. The average Bonchev–Trinajstić information content (AvgIpc) is 1.88. The number of alkyl halides is 2. The maximum absolute atomic E-state index is 5.07. The van der Waals surface area contributed by atoms with Crippen molar-refractivity contribution in [1.29, 1.82) is 0 Å². The molecule has 0 rings (SSSR count). The lowest BCUT2D eigenvalue weighted by molar-refractivity contribution is 1.80. The van der Waals surface area contributed by atoms with Crippen molar-refractivity contribution in [3.8, 4) is 0 Å². The molecule has 0 fully saturated rings. The zero-order valence-corrected chi connectivity index (χ0v) is 7.08. The van der Waals surface area contributed by atoms with Crippen LogP contribution in [-0.2, 0) is 0 Å². The van der Waals surface area contributed by atoms with Crippen LogP contribution < -0.4 is 0 Å². The Bertz CT molecular complexity index is 44.5. The molecule has 0 atom stereocenters. The Labute approximate surface area is 64.4 Å². The Kier molecular flexibility index (Phi) is 21.8. The summed E-state index contributed by atoms with van der Waals surface area (Å²) in [5.74, 6) is 0.556. The monoisotopic (exact) mass is 196 g/mol. The summed E-state index contributed by atoms with van der Waals surface area (Å²) < 4.78 is 0. The first-order valence-corrected chi connectivity index (χ1v) is 3.82. The van der Waals surface area contributed by atoms with Crippen LogP contribution in [0.15, 0.2) is 25.3 Å². The minimum Gasteiger partial charge on any atom is -0.122 e. The van der Waals surface area contributed by atoms with Gasteiger partial charge in [0.1, 0.15) is 0 Å². The van der Waals surface area contributed by atoms with Crippen molar-refractivity contribution in [1.82, 2.24) is 0 Å². The molecule has 0 aliphatic rings. The van der Waals surface area contributed by atoms with E-state index in [2.05, 4.69) is 29.1 Å². The fourth-order valence-electron chi connectivity index (χ4n) is 0. The standard InChI is InChI=1S/C3H5Br.C3H5Cl/c2*1-2-3-4/h2*2H,1,3H2. The van der Waals surface area contributed by atoms with Gasteiger partial charge in [-0.05, 0) is 0 Å². The molecule has 0 aliphatic heterocycles. The lowest BCUT2D eigenvalue weighted by atomic mass is 10.8. The zero-order chi connectivity index (χ0) is 6.83. The SMILES string of the molecule is C=CCBr.C=CCCl. The van der Waals surface area contributed by atoms with E-state index in [0.29, 0.717) is 5.88 Å². The Balaban J connectivity index is 0. The van der Waals surface area contributed by atoms with Crippen LogP contribution in [0.25, 0.3) is 0 Å². The van der Waals surface area contributed by atoms with E-state index in [0.717, 1.165) is 5.33 Å². The summed E-state index contributed by atoms with van der Waals surface area (Å²) in [4.78, 5) is 0. The molecule has 8 heavy (non-hydrogen) atoms. The number of allylic oxidation sites excluding steroid dienone is 2. The molecule has 0 nitrogen and oxygen atoms in total. The highest BCUT2D eigenvalue weighted by molar-refractivity contribution is 9.09. The Hall–Kier alpha value is 0.250. The Morgan fingerprint density at radius 2 is 1.62 bits per heavy atom. The van der Waals surface area contributed by atoms with Crippen LogP contribution in [0.5, 0.6) is 0 Å². The van der Waals surface area contributed by atoms with Gasteiger partial charge in [-0.15, -0.1) is 24.8 Å². The van der Waals surface area contributed by atoms with Crippen molar-refractivity contribution in [3.63, 3.8) is 0 Å². The molecule has 0 amide bonds. The topological polar surface area (TPSA) is 0 Å². The summed E-state index contributed by atoms with van der Waals surface area (Å²) >= 11 is 8.20. The predicted molar refractivity (Wildman–Crippen MR) is 44.9 cm³/mol. The molecule has 0 spiro atoms. The first-order valence-electron chi connectivity index (χ1n) is 2.17. The molecule has 0 aromatic carbocycles. The first-order chi connectivity index (χ1) is 3.83. The Morgan fingerprint density at radius 1 is 1.38 bits per heavy atom. The van der Waals surface area contributed by atoms with Crippen LogP contribution in [0.2, 0.25) is 0 Å². The normalized spacial score (nSPS) is 6.25. The predicted octanol–water partition coefficient (Wildman–Crippen LogP) is 2.98. The summed E-state index contributed by atoms with van der Waals surface area (Å²) in [6.45, 7) is 6.78. The van der Waals surface area contributed by atoms with Crippen LogP contribution in [0.3, 0.4) is 0 Å². The van der Waals surface area contributed by atoms with Crippen LogP contribution in [-0.4, -0.2) is 11.2 Å². The lowest BCUT2D eigenvalue weighted by Gasteiger charge is -1.55. The summed E-state index contributed by atoms with van der Waals surface area (Å²) in [7, 11) is 0. The minimum absolute atomic E-state index is 0.556. The summed E-state index contributed by atoms with van der Waals surface area (Å²) in [5.41, 5.74) is 0. The van der Waals surface area contributed by atoms with Gasteiger partial charge in [0.25, 0.3) is 0 Å². The third kappa shape index (κ3) is 34.0. The van der Waals surface area contributed by atoms with Crippen molar-refractivity contribution < 1.29 is 0 Å². The van der Waals surface area contributed by atoms with Crippen molar-refractivity contribution in [2.24, 2.45) is 0 Å². The molecule has 0 heterocycles. The van der Waals surface area contributed by atoms with E-state index < -0.39 is 0 Å². The average molecular weight is 198 g/mol. The van der Waals surface area contributed by atoms with Gasteiger partial charge < -0.3 is 0 Å². The van der Waals surface area contributed by atoms with Crippen LogP contribution >= 0.6 is 27.5 Å². The van der Waals surface area contributed by atoms with Gasteiger partial charge in [-0.25, -0.2) is 0 Å². The van der Waals surface area contributed by atoms with E-state index in [1.807, 2.05) is 0 Å². The highest BCUT2D eigenvalue weighted by Crippen LogP contribution is 1.73. The second kappa shape index (κ2) is 15.7. The molecule has 0 N–H and O–H groups in total. The summed E-state index contributed by atoms with van der Waals surface area (Å²) in [6, 6.07) is 0. The van der Waals surface area contributed by atoms with E-state index in [9.17, 15) is 0 Å². The molecule has 0 aliphatic carbocycles. The van der Waals surface area contributed by atoms with Gasteiger partial charge in [-0.2, -0.15) is 0 Å². The lowest BCUT2D eigenvalue weighted by Crippen LogP contribution is -1.45. The van der Waals surface area contributed by atoms with Crippen molar-refractivity contribution in [2.75, 3.05) is 11.2 Å². The molecule has 0 radical (unpaired) electrons. The summed E-state index contributed by atoms with van der Waals surface area (Å²) in [6.07, 6.45) is 3.43. The fourth-order valence-corrected chi connectivity index (χ4v) is 0. The van der Waals surface area contributed by atoms with Crippen LogP contribution in [0.4, 0.5) is 0 Å². The number of hydrogen-bond donors (Lipinski definition) is 0. The third-order valence-electron chi connectivity index (χ3n) is 0.218. The maximum atomic E-state index is 5.07. The molecule has 0 aromatic heterocycles. The van der Waals surface area contributed by atoms with E-state index in [1.54, 1.807) is 12.2 Å². The molecule has 0 saturated carbocycles. The molecule has 2 heteroatoms. The molecule has 0 unspecified atom stereocenters. The highest BCUT2D eigenvalue weighted by atomic mass is 79.9. The second-order valence-electron chi connectivity index (χ2n) is 0.886. The zero-order valence-electron chi connectivity index (χ0n) is 4.74. The van der Waals surface area contributed by atoms with Crippen LogP contribution in [0, 0.1) is 0 Å². The highest BCUT2D eigenvalue weighted by Gasteiger charge is 1.48. The Morgan fingerprint density at radius 3 is 1.62 bits per heavy atom. The van der Waals surface area contributed by atoms with Crippen molar-refractivity contribution >= 4 is 27.5 Å². The molecule has 0 saturated heterocycles. The van der Waals surface area contributed by atoms with Gasteiger partial charge in [0, 0.05) is 11.2 Å². The van der Waals surface area contributed by atoms with Crippen molar-refractivity contribution in [3.05, 3.63) is 25.3 Å². The quantitative estimate of drug-likeness (QED) is 0.472. The molecule has 0 bridgehead atoms. The largest absolute Gasteiger partial charge is 0.122 e.